The lowest BCUT2D eigenvalue weighted by molar-refractivity contribution is 0.0628. The largest absolute Gasteiger partial charge is 0.507 e. The van der Waals surface area contributed by atoms with Gasteiger partial charge in [-0.25, -0.2) is 15.0 Å². The zero-order chi connectivity index (χ0) is 31.6. The van der Waals surface area contributed by atoms with Gasteiger partial charge in [0, 0.05) is 63.3 Å². The van der Waals surface area contributed by atoms with Crippen LogP contribution in [-0.4, -0.2) is 99.1 Å². The Balaban J connectivity index is 1.10. The van der Waals surface area contributed by atoms with Crippen LogP contribution in [-0.2, 0) is 11.3 Å². The van der Waals surface area contributed by atoms with Gasteiger partial charge in [-0.1, -0.05) is 12.1 Å². The number of hydrogen-bond donors (Lipinski definition) is 2. The number of carbonyl (C=O) groups excluding carboxylic acids is 2. The molecule has 7 rings (SSSR count). The van der Waals surface area contributed by atoms with E-state index >= 15 is 0 Å². The van der Waals surface area contributed by atoms with Crippen molar-refractivity contribution in [2.24, 2.45) is 0 Å². The number of morpholine rings is 1. The number of nitrogen functional groups attached to an aromatic ring is 1. The van der Waals surface area contributed by atoms with Gasteiger partial charge in [0.1, 0.15) is 22.9 Å². The monoisotopic (exact) mass is 618 g/mol. The number of aromatic nitrogens is 4. The first-order valence-electron chi connectivity index (χ1n) is 15.3. The van der Waals surface area contributed by atoms with E-state index in [2.05, 4.69) is 39.0 Å². The van der Waals surface area contributed by atoms with Gasteiger partial charge in [0.15, 0.2) is 17.8 Å². The van der Waals surface area contributed by atoms with E-state index < -0.39 is 0 Å². The summed E-state index contributed by atoms with van der Waals surface area (Å²) in [7, 11) is 0. The summed E-state index contributed by atoms with van der Waals surface area (Å²) in [6.45, 7) is 6.22. The average molecular weight is 619 g/mol. The van der Waals surface area contributed by atoms with E-state index in [-0.39, 0.29) is 17.2 Å². The molecule has 2 aliphatic heterocycles. The van der Waals surface area contributed by atoms with Crippen molar-refractivity contribution in [3.8, 4) is 22.8 Å². The zero-order valence-corrected chi connectivity index (χ0v) is 25.2. The highest BCUT2D eigenvalue weighted by molar-refractivity contribution is 5.96. The molecule has 0 saturated carbocycles. The number of fused-ring (bicyclic) bond motifs is 1. The second-order valence-electron chi connectivity index (χ2n) is 11.4. The lowest BCUT2D eigenvalue weighted by Gasteiger charge is -2.34. The predicted molar refractivity (Wildman–Crippen MR) is 174 cm³/mol. The summed E-state index contributed by atoms with van der Waals surface area (Å²) in [5.74, 6) is 1.62. The standard InChI is InChI=1S/C34H34N8O4/c35-31-27(2-1-11-36-31)32-37-28-9-10-30(40-16-18-46-19-17-40)38-33(28)42(32)26-7-3-23(4-8-26)21-39-12-14-41(15-13-39)34(45)24-5-6-25(22-43)29(44)20-24/h1-11,20,22,44H,12-19,21H2,(H2,35,36). The molecule has 2 aliphatic rings. The quantitative estimate of drug-likeness (QED) is 0.261. The molecule has 0 atom stereocenters. The number of benzene rings is 2. The molecule has 2 saturated heterocycles. The number of phenols is 1. The van der Waals surface area contributed by atoms with Gasteiger partial charge in [0.25, 0.3) is 5.91 Å². The molecule has 3 N–H and O–H groups in total. The Kier molecular flexibility index (Phi) is 8.04. The summed E-state index contributed by atoms with van der Waals surface area (Å²) >= 11 is 0. The maximum absolute atomic E-state index is 13.0. The first-order valence-corrected chi connectivity index (χ1v) is 15.3. The van der Waals surface area contributed by atoms with Gasteiger partial charge in [-0.15, -0.1) is 0 Å². The fourth-order valence-corrected chi connectivity index (χ4v) is 6.02. The molecule has 234 valence electrons. The highest BCUT2D eigenvalue weighted by atomic mass is 16.5. The van der Waals surface area contributed by atoms with Gasteiger partial charge >= 0.3 is 0 Å². The van der Waals surface area contributed by atoms with Gasteiger partial charge in [-0.05, 0) is 60.2 Å². The van der Waals surface area contributed by atoms with Crippen molar-refractivity contribution in [1.29, 1.82) is 0 Å². The van der Waals surface area contributed by atoms with Crippen molar-refractivity contribution in [3.05, 3.63) is 89.6 Å². The molecule has 5 heterocycles. The molecule has 0 spiro atoms. The molecule has 0 aliphatic carbocycles. The third-order valence-electron chi connectivity index (χ3n) is 8.57. The molecule has 2 fully saturated rings. The fraction of sp³-hybridized carbons (Fsp3) is 0.265. The molecule has 12 heteroatoms. The van der Waals surface area contributed by atoms with Crippen LogP contribution >= 0.6 is 0 Å². The summed E-state index contributed by atoms with van der Waals surface area (Å²) < 4.78 is 7.58. The third kappa shape index (κ3) is 5.75. The SMILES string of the molecule is Nc1ncccc1-c1nc2ccc(N3CCOCC3)nc2n1-c1ccc(CN2CCN(C(=O)c3ccc(C=O)c(O)c3)CC2)cc1. The van der Waals surface area contributed by atoms with Crippen LogP contribution in [0.2, 0.25) is 0 Å². The maximum atomic E-state index is 13.0. The second-order valence-corrected chi connectivity index (χ2v) is 11.4. The first kappa shape index (κ1) is 29.4. The summed E-state index contributed by atoms with van der Waals surface area (Å²) in [4.78, 5) is 44.6. The normalized spacial score (nSPS) is 15.7. The lowest BCUT2D eigenvalue weighted by atomic mass is 10.1. The highest BCUT2D eigenvalue weighted by Crippen LogP contribution is 2.32. The third-order valence-corrected chi connectivity index (χ3v) is 8.57. The highest BCUT2D eigenvalue weighted by Gasteiger charge is 2.24. The van der Waals surface area contributed by atoms with Crippen molar-refractivity contribution in [1.82, 2.24) is 29.3 Å². The molecule has 5 aromatic rings. The van der Waals surface area contributed by atoms with Gasteiger partial charge in [-0.3, -0.25) is 19.1 Å². The zero-order valence-electron chi connectivity index (χ0n) is 25.2. The van der Waals surface area contributed by atoms with Crippen molar-refractivity contribution < 1.29 is 19.4 Å². The van der Waals surface area contributed by atoms with E-state index in [1.54, 1.807) is 17.2 Å². The number of carbonyl (C=O) groups is 2. The minimum Gasteiger partial charge on any atom is -0.507 e. The van der Waals surface area contributed by atoms with E-state index in [0.717, 1.165) is 66.5 Å². The van der Waals surface area contributed by atoms with Crippen LogP contribution in [0.4, 0.5) is 11.6 Å². The van der Waals surface area contributed by atoms with Crippen LogP contribution in [0.1, 0.15) is 26.3 Å². The van der Waals surface area contributed by atoms with E-state index in [1.807, 2.05) is 28.8 Å². The molecule has 0 bridgehead atoms. The minimum atomic E-state index is -0.184. The Morgan fingerprint density at radius 2 is 1.72 bits per heavy atom. The summed E-state index contributed by atoms with van der Waals surface area (Å²) in [5, 5.41) is 10.00. The maximum Gasteiger partial charge on any atom is 0.254 e. The number of imidazole rings is 1. The van der Waals surface area contributed by atoms with E-state index in [0.29, 0.717) is 49.8 Å². The molecular weight excluding hydrogens is 584 g/mol. The van der Waals surface area contributed by atoms with Gasteiger partial charge in [0.2, 0.25) is 0 Å². The van der Waals surface area contributed by atoms with Crippen LogP contribution in [0, 0.1) is 0 Å². The molecule has 0 radical (unpaired) electrons. The van der Waals surface area contributed by atoms with Crippen LogP contribution < -0.4 is 10.6 Å². The summed E-state index contributed by atoms with van der Waals surface area (Å²) in [6, 6.07) is 20.6. The number of phenolic OH excluding ortho intramolecular Hbond substituents is 1. The van der Waals surface area contributed by atoms with Gasteiger partial charge in [-0.2, -0.15) is 0 Å². The van der Waals surface area contributed by atoms with Gasteiger partial charge < -0.3 is 25.4 Å². The van der Waals surface area contributed by atoms with E-state index in [1.165, 1.54) is 12.1 Å². The van der Waals surface area contributed by atoms with E-state index in [4.69, 9.17) is 20.4 Å². The number of anilines is 2. The van der Waals surface area contributed by atoms with Gasteiger partial charge in [0.05, 0.1) is 24.3 Å². The van der Waals surface area contributed by atoms with Crippen molar-refractivity contribution in [2.75, 3.05) is 63.1 Å². The number of aldehydes is 1. The fourth-order valence-electron chi connectivity index (χ4n) is 6.02. The Bertz CT molecular complexity index is 1890. The number of pyridine rings is 2. The second kappa shape index (κ2) is 12.6. The number of nitrogens with two attached hydrogens (primary N) is 1. The lowest BCUT2D eigenvalue weighted by Crippen LogP contribution is -2.48. The molecule has 3 aromatic heterocycles. The molecule has 12 nitrogen and oxygen atoms in total. The average Bonchev–Trinajstić information content (AvgIpc) is 3.48. The number of nitrogens with zero attached hydrogens (tertiary/aromatic N) is 7. The number of aromatic hydroxyl groups is 1. The Hall–Kier alpha value is -5.33. The van der Waals surface area contributed by atoms with Crippen molar-refractivity contribution >= 4 is 35.0 Å². The number of amides is 1. The molecular formula is C34H34N8O4. The number of hydrogen-bond acceptors (Lipinski definition) is 10. The number of rotatable bonds is 7. The Morgan fingerprint density at radius 3 is 2.43 bits per heavy atom. The molecule has 0 unspecified atom stereocenters. The molecule has 46 heavy (non-hydrogen) atoms. The van der Waals surface area contributed by atoms with E-state index in [9.17, 15) is 14.7 Å². The van der Waals surface area contributed by atoms with Crippen LogP contribution in [0.15, 0.2) is 72.9 Å². The van der Waals surface area contributed by atoms with Crippen LogP contribution in [0.25, 0.3) is 28.2 Å². The summed E-state index contributed by atoms with van der Waals surface area (Å²) in [6.07, 6.45) is 2.24. The Morgan fingerprint density at radius 1 is 0.935 bits per heavy atom. The van der Waals surface area contributed by atoms with Crippen molar-refractivity contribution in [2.45, 2.75) is 6.54 Å². The smallest absolute Gasteiger partial charge is 0.254 e. The van der Waals surface area contributed by atoms with Crippen LogP contribution in [0.3, 0.4) is 0 Å². The minimum absolute atomic E-state index is 0.153. The molecule has 2 aromatic carbocycles. The number of piperazine rings is 1. The summed E-state index contributed by atoms with van der Waals surface area (Å²) in [5.41, 5.74) is 11.2. The van der Waals surface area contributed by atoms with Crippen molar-refractivity contribution in [3.63, 3.8) is 0 Å². The Labute approximate surface area is 265 Å². The number of ether oxygens (including phenoxy) is 1. The topological polar surface area (TPSA) is 143 Å². The first-order chi connectivity index (χ1) is 22.5. The predicted octanol–water partition coefficient (Wildman–Crippen LogP) is 3.38. The molecule has 1 amide bonds. The van der Waals surface area contributed by atoms with Crippen LogP contribution in [0.5, 0.6) is 5.75 Å².